The molecule has 6 nitrogen and oxygen atoms in total. The van der Waals surface area contributed by atoms with Crippen molar-refractivity contribution in [2.45, 2.75) is 0 Å². The number of aromatic nitrogens is 4. The highest BCUT2D eigenvalue weighted by Crippen LogP contribution is 2.48. The van der Waals surface area contributed by atoms with Crippen molar-refractivity contribution in [1.82, 2.24) is 18.3 Å². The van der Waals surface area contributed by atoms with E-state index in [1.54, 1.807) is 0 Å². The van der Waals surface area contributed by atoms with Gasteiger partial charge in [-0.05, 0) is 132 Å². The normalized spacial score (nSPS) is 12.4. The zero-order valence-corrected chi connectivity index (χ0v) is 41.9. The Labute approximate surface area is 444 Å². The second-order valence-electron chi connectivity index (χ2n) is 20.8. The Morgan fingerprint density at radius 3 is 1.18 bits per heavy atom. The van der Waals surface area contributed by atoms with E-state index in [1.165, 1.54) is 70.7 Å². The van der Waals surface area contributed by atoms with Crippen LogP contribution in [-0.4, -0.2) is 18.3 Å². The van der Waals surface area contributed by atoms with Gasteiger partial charge in [0.1, 0.15) is 22.3 Å². The Morgan fingerprint density at radius 2 is 0.603 bits per heavy atom. The molecule has 0 N–H and O–H groups in total. The van der Waals surface area contributed by atoms with Crippen LogP contribution in [0.4, 0.5) is 0 Å². The molecule has 0 saturated carbocycles. The lowest BCUT2D eigenvalue weighted by molar-refractivity contribution is 0.668. The van der Waals surface area contributed by atoms with Gasteiger partial charge in [-0.15, -0.1) is 0 Å². The smallest absolute Gasteiger partial charge is 0.135 e. The predicted molar refractivity (Wildman–Crippen MR) is 324 cm³/mol. The quantitative estimate of drug-likeness (QED) is 0.172. The Balaban J connectivity index is 0.960. The van der Waals surface area contributed by atoms with Gasteiger partial charge in [0.2, 0.25) is 0 Å². The summed E-state index contributed by atoms with van der Waals surface area (Å²) in [5.74, 6) is 0. The highest BCUT2D eigenvalue weighted by Gasteiger charge is 2.26. The lowest BCUT2D eigenvalue weighted by atomic mass is 10.00. The minimum Gasteiger partial charge on any atom is -0.456 e. The largest absolute Gasteiger partial charge is 0.456 e. The van der Waals surface area contributed by atoms with Crippen LogP contribution < -0.4 is 0 Å². The maximum Gasteiger partial charge on any atom is 0.135 e. The Morgan fingerprint density at radius 1 is 0.205 bits per heavy atom. The number of furan rings is 2. The van der Waals surface area contributed by atoms with Gasteiger partial charge in [-0.25, -0.2) is 0 Å². The van der Waals surface area contributed by atoms with Gasteiger partial charge in [0.25, 0.3) is 0 Å². The summed E-state index contributed by atoms with van der Waals surface area (Å²) < 4.78 is 22.6. The third-order valence-electron chi connectivity index (χ3n) is 16.7. The van der Waals surface area contributed by atoms with E-state index in [0.717, 1.165) is 94.3 Å². The third-order valence-corrected chi connectivity index (χ3v) is 16.7. The van der Waals surface area contributed by atoms with Gasteiger partial charge in [-0.3, -0.25) is 0 Å². The highest BCUT2D eigenvalue weighted by molar-refractivity contribution is 6.32. The second-order valence-corrected chi connectivity index (χ2v) is 20.8. The summed E-state index contributed by atoms with van der Waals surface area (Å²) in [6.07, 6.45) is 0. The molecule has 0 fully saturated rings. The minimum absolute atomic E-state index is 0.875. The van der Waals surface area contributed by atoms with Crippen LogP contribution in [0, 0.1) is 0 Å². The minimum atomic E-state index is 0.875. The fourth-order valence-corrected chi connectivity index (χ4v) is 13.4. The van der Waals surface area contributed by atoms with Gasteiger partial charge in [0.15, 0.2) is 0 Å². The van der Waals surface area contributed by atoms with E-state index in [0.29, 0.717) is 0 Å². The molecule has 6 aromatic heterocycles. The molecule has 12 aromatic carbocycles. The predicted octanol–water partition coefficient (Wildman–Crippen LogP) is 19.5. The van der Waals surface area contributed by atoms with Crippen LogP contribution in [0.25, 0.3) is 165 Å². The lowest BCUT2D eigenvalue weighted by Crippen LogP contribution is -1.96. The van der Waals surface area contributed by atoms with Gasteiger partial charge < -0.3 is 27.1 Å². The fraction of sp³-hybridized carbons (Fsp3) is 0. The summed E-state index contributed by atoms with van der Waals surface area (Å²) in [5.41, 5.74) is 19.5. The average Bonchev–Trinajstić information content (AvgIpc) is 4.51. The standard InChI is InChI=1S/C72H42N4O2/c1-3-15-45(16-4-1)73-59-23-11-7-19-49(59)55-39-43(27-33-61(55)73)44-28-34-62-58(40-44)70-64(75(62)48-30-38-68-57(42-48)51-21-10-14-26-66(51)78-68)36-32-53-52-31-35-63-69(71(52)76(72(53)70)46-17-5-2-6-18-46)54-22-8-12-24-60(54)74(63)47-29-37-67-56(41-47)50-20-9-13-25-65(50)77-67/h1-42H. The molecule has 0 spiro atoms. The van der Waals surface area contributed by atoms with E-state index in [1.807, 2.05) is 12.1 Å². The highest BCUT2D eigenvalue weighted by atomic mass is 16.3. The first-order valence-corrected chi connectivity index (χ1v) is 26.7. The molecule has 78 heavy (non-hydrogen) atoms. The lowest BCUT2D eigenvalue weighted by Gasteiger charge is -2.11. The zero-order valence-electron chi connectivity index (χ0n) is 41.9. The van der Waals surface area contributed by atoms with Crippen LogP contribution in [0.1, 0.15) is 0 Å². The van der Waals surface area contributed by atoms with E-state index in [2.05, 4.69) is 261 Å². The molecule has 0 radical (unpaired) electrons. The van der Waals surface area contributed by atoms with Crippen molar-refractivity contribution < 1.29 is 8.83 Å². The molecule has 0 unspecified atom stereocenters. The van der Waals surface area contributed by atoms with Crippen molar-refractivity contribution in [2.75, 3.05) is 0 Å². The number of hydrogen-bond acceptors (Lipinski definition) is 2. The van der Waals surface area contributed by atoms with E-state index in [-0.39, 0.29) is 0 Å². The maximum absolute atomic E-state index is 6.41. The van der Waals surface area contributed by atoms with Crippen molar-refractivity contribution in [3.8, 4) is 33.9 Å². The summed E-state index contributed by atoms with van der Waals surface area (Å²) in [5, 5.41) is 14.0. The molecule has 6 heterocycles. The molecule has 0 aliphatic heterocycles. The van der Waals surface area contributed by atoms with Crippen molar-refractivity contribution in [1.29, 1.82) is 0 Å². The summed E-state index contributed by atoms with van der Waals surface area (Å²) in [6.45, 7) is 0. The van der Waals surface area contributed by atoms with Crippen LogP contribution in [0.2, 0.25) is 0 Å². The molecule has 0 atom stereocenters. The summed E-state index contributed by atoms with van der Waals surface area (Å²) in [6, 6.07) is 92.8. The van der Waals surface area contributed by atoms with E-state index in [4.69, 9.17) is 8.83 Å². The van der Waals surface area contributed by atoms with Crippen molar-refractivity contribution in [2.24, 2.45) is 0 Å². The molecule has 0 aliphatic rings. The van der Waals surface area contributed by atoms with Gasteiger partial charge in [-0.1, -0.05) is 133 Å². The van der Waals surface area contributed by atoms with Crippen LogP contribution >= 0.6 is 0 Å². The molecule has 0 saturated heterocycles. The zero-order chi connectivity index (χ0) is 50.7. The van der Waals surface area contributed by atoms with Crippen molar-refractivity contribution >= 4 is 131 Å². The molecule has 0 bridgehead atoms. The van der Waals surface area contributed by atoms with Crippen LogP contribution in [0.15, 0.2) is 264 Å². The molecule has 0 amide bonds. The van der Waals surface area contributed by atoms with Crippen LogP contribution in [-0.2, 0) is 0 Å². The Hall–Kier alpha value is -10.6. The Bertz CT molecular complexity index is 5570. The number of para-hydroxylation sites is 6. The topological polar surface area (TPSA) is 46.0 Å². The number of rotatable bonds is 5. The number of benzene rings is 12. The fourth-order valence-electron chi connectivity index (χ4n) is 13.4. The molecule has 0 aliphatic carbocycles. The van der Waals surface area contributed by atoms with Gasteiger partial charge >= 0.3 is 0 Å². The van der Waals surface area contributed by atoms with E-state index < -0.39 is 0 Å². The summed E-state index contributed by atoms with van der Waals surface area (Å²) >= 11 is 0. The third kappa shape index (κ3) is 5.64. The Kier molecular flexibility index (Phi) is 8.30. The first-order chi connectivity index (χ1) is 38.7. The van der Waals surface area contributed by atoms with E-state index >= 15 is 0 Å². The maximum atomic E-state index is 6.41. The number of nitrogens with zero attached hydrogens (tertiary/aromatic N) is 4. The molecular weight excluding hydrogens is 953 g/mol. The van der Waals surface area contributed by atoms with Gasteiger partial charge in [0, 0.05) is 87.4 Å². The van der Waals surface area contributed by atoms with Crippen molar-refractivity contribution in [3.63, 3.8) is 0 Å². The monoisotopic (exact) mass is 994 g/mol. The van der Waals surface area contributed by atoms with Crippen LogP contribution in [0.3, 0.4) is 0 Å². The second kappa shape index (κ2) is 15.5. The summed E-state index contributed by atoms with van der Waals surface area (Å²) in [4.78, 5) is 0. The molecule has 362 valence electrons. The summed E-state index contributed by atoms with van der Waals surface area (Å²) in [7, 11) is 0. The molecular formula is C72H42N4O2. The molecule has 6 heteroatoms. The number of fused-ring (bicyclic) bond motifs is 20. The first-order valence-electron chi connectivity index (χ1n) is 26.7. The average molecular weight is 995 g/mol. The molecule has 18 rings (SSSR count). The van der Waals surface area contributed by atoms with Gasteiger partial charge in [0.05, 0.1) is 44.1 Å². The van der Waals surface area contributed by atoms with E-state index in [9.17, 15) is 0 Å². The van der Waals surface area contributed by atoms with Crippen molar-refractivity contribution in [3.05, 3.63) is 255 Å². The van der Waals surface area contributed by atoms with Gasteiger partial charge in [-0.2, -0.15) is 0 Å². The SMILES string of the molecule is c1ccc(-n2c3ccccc3c3cc(-c4ccc5c(c4)c4c(ccc6c7ccc8c(c9ccccc9n8-c8ccc9oc%10ccccc%10c9c8)c7n(-c7ccccc7)c64)n5-c4ccc5oc6ccccc6c5c4)ccc32)cc1. The van der Waals surface area contributed by atoms with Crippen LogP contribution in [0.5, 0.6) is 0 Å². The first kappa shape index (κ1) is 41.8. The number of hydrogen-bond donors (Lipinski definition) is 0. The molecule has 18 aromatic rings.